The number of fused-ring (bicyclic) bond motifs is 5. The molecule has 41 heavy (non-hydrogen) atoms. The van der Waals surface area contributed by atoms with Gasteiger partial charge in [-0.15, -0.1) is 0 Å². The predicted octanol–water partition coefficient (Wildman–Crippen LogP) is 1.26. The van der Waals surface area contributed by atoms with Crippen LogP contribution < -0.4 is 0 Å². The number of rotatable bonds is 4. The smallest absolute Gasteiger partial charge is 0.338 e. The molecule has 0 spiro atoms. The van der Waals surface area contributed by atoms with Crippen LogP contribution in [0.2, 0.25) is 0 Å². The van der Waals surface area contributed by atoms with E-state index in [1.54, 1.807) is 32.0 Å². The largest absolute Gasteiger partial charge is 0.455 e. The Morgan fingerprint density at radius 3 is 2.22 bits per heavy atom. The number of esters is 3. The van der Waals surface area contributed by atoms with E-state index < -0.39 is 82.2 Å². The highest BCUT2D eigenvalue weighted by molar-refractivity contribution is 5.95. The zero-order valence-corrected chi connectivity index (χ0v) is 23.7. The van der Waals surface area contributed by atoms with Crippen molar-refractivity contribution in [3.8, 4) is 0 Å². The minimum atomic E-state index is -2.10. The highest BCUT2D eigenvalue weighted by Crippen LogP contribution is 2.63. The summed E-state index contributed by atoms with van der Waals surface area (Å²) in [6, 6.07) is 8.03. The summed E-state index contributed by atoms with van der Waals surface area (Å²) >= 11 is 0. The second-order valence-corrected chi connectivity index (χ2v) is 12.3. The molecule has 1 saturated heterocycles. The van der Waals surface area contributed by atoms with E-state index in [1.165, 1.54) is 32.1 Å². The fraction of sp³-hybridized carbons (Fsp3) is 0.600. The maximum atomic E-state index is 14.6. The maximum Gasteiger partial charge on any atom is 0.338 e. The SMILES string of the molecule is CC(=O)O[C@H]1C(=O)[C@@]2(C)[C@H]([C@H](OC(=O)c3ccccc3)[C@]3(O)C[C@H](O)C=C1C3(C)C)[C@]1(OC(C)=O)CO[C@@H]1C[C@@H]2O. The Kier molecular flexibility index (Phi) is 6.97. The van der Waals surface area contributed by atoms with Gasteiger partial charge >= 0.3 is 17.9 Å². The van der Waals surface area contributed by atoms with Gasteiger partial charge in [0.05, 0.1) is 35.7 Å². The molecule has 1 aromatic rings. The van der Waals surface area contributed by atoms with Gasteiger partial charge < -0.3 is 34.3 Å². The average molecular weight is 573 g/mol. The molecule has 1 aliphatic heterocycles. The third-order valence-electron chi connectivity index (χ3n) is 9.74. The Bertz CT molecular complexity index is 1300. The van der Waals surface area contributed by atoms with Crippen molar-refractivity contribution in [2.45, 2.75) is 89.2 Å². The van der Waals surface area contributed by atoms with Gasteiger partial charge in [-0.25, -0.2) is 4.79 Å². The van der Waals surface area contributed by atoms with Gasteiger partial charge in [0, 0.05) is 32.1 Å². The Balaban J connectivity index is 1.81. The predicted molar refractivity (Wildman–Crippen MR) is 140 cm³/mol. The number of carbonyl (C=O) groups excluding carboxylic acids is 4. The fourth-order valence-corrected chi connectivity index (χ4v) is 7.49. The Labute approximate surface area is 237 Å². The number of ether oxygens (including phenoxy) is 4. The molecule has 222 valence electrons. The third kappa shape index (κ3) is 4.16. The van der Waals surface area contributed by atoms with Crippen molar-refractivity contribution in [1.29, 1.82) is 0 Å². The molecular weight excluding hydrogens is 536 g/mol. The number of aliphatic hydroxyl groups is 3. The molecule has 11 nitrogen and oxygen atoms in total. The van der Waals surface area contributed by atoms with Gasteiger partial charge in [-0.1, -0.05) is 38.1 Å². The lowest BCUT2D eigenvalue weighted by atomic mass is 9.45. The van der Waals surface area contributed by atoms with Crippen molar-refractivity contribution in [2.75, 3.05) is 6.61 Å². The number of carbonyl (C=O) groups is 4. The summed E-state index contributed by atoms with van der Waals surface area (Å²) in [6.07, 6.45) is -5.90. The van der Waals surface area contributed by atoms with Crippen LogP contribution >= 0.6 is 0 Å². The van der Waals surface area contributed by atoms with Crippen LogP contribution in [0, 0.1) is 16.7 Å². The third-order valence-corrected chi connectivity index (χ3v) is 9.74. The zero-order valence-electron chi connectivity index (χ0n) is 23.7. The van der Waals surface area contributed by atoms with Crippen LogP contribution in [0.5, 0.6) is 0 Å². The molecule has 2 bridgehead atoms. The molecule has 11 heteroatoms. The van der Waals surface area contributed by atoms with Crippen molar-refractivity contribution < 1.29 is 53.4 Å². The highest BCUT2D eigenvalue weighted by atomic mass is 16.6. The molecule has 1 aromatic carbocycles. The lowest BCUT2D eigenvalue weighted by Gasteiger charge is -2.67. The van der Waals surface area contributed by atoms with Gasteiger partial charge in [0.25, 0.3) is 0 Å². The Morgan fingerprint density at radius 1 is 1.00 bits per heavy atom. The van der Waals surface area contributed by atoms with Gasteiger partial charge in [-0.2, -0.15) is 0 Å². The van der Waals surface area contributed by atoms with Crippen molar-refractivity contribution in [2.24, 2.45) is 16.7 Å². The van der Waals surface area contributed by atoms with E-state index >= 15 is 0 Å². The monoisotopic (exact) mass is 572 g/mol. The van der Waals surface area contributed by atoms with Crippen molar-refractivity contribution in [3.63, 3.8) is 0 Å². The minimum Gasteiger partial charge on any atom is -0.455 e. The molecule has 4 aliphatic rings. The first kappa shape index (κ1) is 29.4. The molecule has 0 amide bonds. The number of hydrogen-bond donors (Lipinski definition) is 3. The van der Waals surface area contributed by atoms with E-state index in [4.69, 9.17) is 18.9 Å². The van der Waals surface area contributed by atoms with E-state index in [2.05, 4.69) is 0 Å². The molecule has 0 radical (unpaired) electrons. The molecule has 3 fully saturated rings. The lowest BCUT2D eigenvalue weighted by molar-refractivity contribution is -0.345. The van der Waals surface area contributed by atoms with Crippen molar-refractivity contribution >= 4 is 23.7 Å². The number of Topliss-reactive ketones (excluding diaryl/α,β-unsaturated/α-hetero) is 1. The molecule has 1 heterocycles. The zero-order chi connectivity index (χ0) is 30.1. The normalized spacial score (nSPS) is 40.8. The first-order valence-electron chi connectivity index (χ1n) is 13.7. The fourth-order valence-electron chi connectivity index (χ4n) is 7.49. The summed E-state index contributed by atoms with van der Waals surface area (Å²) in [5, 5.41) is 35.3. The summed E-state index contributed by atoms with van der Waals surface area (Å²) in [6.45, 7) is 6.77. The van der Waals surface area contributed by atoms with Crippen LogP contribution in [-0.2, 0) is 33.3 Å². The van der Waals surface area contributed by atoms with E-state index in [9.17, 15) is 34.5 Å². The molecule has 3 N–H and O–H groups in total. The standard InChI is InChI=1S/C30H36O11/c1-15(31)39-22-19-11-18(33)13-30(37,27(19,3)4)25(40-26(36)17-9-7-6-8-10-17)23-28(5,24(22)35)20(34)12-21-29(23,14-38-21)41-16(2)32/h6-11,18,20-23,25,33-34,37H,12-14H2,1-5H3/t18-,20+,21-,22-,23+,25+,28-,29+,30-/m1/s1. The van der Waals surface area contributed by atoms with Crippen LogP contribution in [0.15, 0.2) is 42.0 Å². The minimum absolute atomic E-state index is 0.109. The van der Waals surface area contributed by atoms with Crippen LogP contribution in [-0.4, -0.2) is 87.3 Å². The molecular formula is C30H36O11. The first-order chi connectivity index (χ1) is 19.1. The van der Waals surface area contributed by atoms with E-state index in [1.807, 2.05) is 0 Å². The Hall–Kier alpha value is -3.12. The van der Waals surface area contributed by atoms with E-state index in [0.29, 0.717) is 0 Å². The van der Waals surface area contributed by atoms with Gasteiger partial charge in [-0.3, -0.25) is 14.4 Å². The lowest BCUT2D eigenvalue weighted by Crippen LogP contribution is -2.81. The van der Waals surface area contributed by atoms with Crippen molar-refractivity contribution in [1.82, 2.24) is 0 Å². The quantitative estimate of drug-likeness (QED) is 0.270. The van der Waals surface area contributed by atoms with Crippen LogP contribution in [0.4, 0.5) is 0 Å². The molecule has 3 aliphatic carbocycles. The van der Waals surface area contributed by atoms with Crippen molar-refractivity contribution in [3.05, 3.63) is 47.5 Å². The van der Waals surface area contributed by atoms with Gasteiger partial charge in [-0.05, 0) is 24.6 Å². The number of hydrogen-bond acceptors (Lipinski definition) is 11. The second kappa shape index (κ2) is 9.72. The van der Waals surface area contributed by atoms with Crippen LogP contribution in [0.25, 0.3) is 0 Å². The number of ketones is 1. The van der Waals surface area contributed by atoms with Gasteiger partial charge in [0.2, 0.25) is 0 Å². The number of aliphatic hydroxyl groups excluding tert-OH is 2. The van der Waals surface area contributed by atoms with Gasteiger partial charge in [0.15, 0.2) is 17.5 Å². The van der Waals surface area contributed by atoms with E-state index in [0.717, 1.165) is 6.92 Å². The number of benzene rings is 1. The summed E-state index contributed by atoms with van der Waals surface area (Å²) in [5.74, 6) is -4.42. The van der Waals surface area contributed by atoms with Gasteiger partial charge in [0.1, 0.15) is 17.8 Å². The molecule has 2 saturated carbocycles. The molecule has 0 unspecified atom stereocenters. The summed E-state index contributed by atoms with van der Waals surface area (Å²) < 4.78 is 23.3. The molecule has 0 aromatic heterocycles. The molecule has 9 atom stereocenters. The highest BCUT2D eigenvalue weighted by Gasteiger charge is 2.78. The van der Waals surface area contributed by atoms with E-state index in [-0.39, 0.29) is 30.6 Å². The molecule has 5 rings (SSSR count). The van der Waals surface area contributed by atoms with Crippen LogP contribution in [0.3, 0.4) is 0 Å². The van der Waals surface area contributed by atoms with Crippen LogP contribution in [0.1, 0.15) is 57.8 Å². The first-order valence-corrected chi connectivity index (χ1v) is 13.7. The Morgan fingerprint density at radius 2 is 1.66 bits per heavy atom. The summed E-state index contributed by atoms with van der Waals surface area (Å²) in [7, 11) is 0. The maximum absolute atomic E-state index is 14.6. The average Bonchev–Trinajstić information content (AvgIpc) is 2.89. The summed E-state index contributed by atoms with van der Waals surface area (Å²) in [4.78, 5) is 53.1. The second-order valence-electron chi connectivity index (χ2n) is 12.3. The topological polar surface area (TPSA) is 166 Å². The summed E-state index contributed by atoms with van der Waals surface area (Å²) in [5.41, 5.74) is -6.72.